The van der Waals surface area contributed by atoms with Crippen LogP contribution in [-0.2, 0) is 16.0 Å². The van der Waals surface area contributed by atoms with Gasteiger partial charge >= 0.3 is 0 Å². The zero-order valence-corrected chi connectivity index (χ0v) is 13.8. The highest BCUT2D eigenvalue weighted by Crippen LogP contribution is 2.28. The number of carbonyl (C=O) groups excluding carboxylic acids is 2. The minimum atomic E-state index is -0.438. The number of hydrogen-bond donors (Lipinski definition) is 2. The van der Waals surface area contributed by atoms with E-state index in [1.165, 1.54) is 25.3 Å². The molecular weight excluding hydrogens is 323 g/mol. The smallest absolute Gasteiger partial charge is 0.227 e. The number of halogens is 1. The van der Waals surface area contributed by atoms with Crippen LogP contribution in [0.1, 0.15) is 18.4 Å². The summed E-state index contributed by atoms with van der Waals surface area (Å²) in [5.41, 5.74) is 2.32. The molecule has 0 spiro atoms. The number of amides is 2. The van der Waals surface area contributed by atoms with E-state index in [0.717, 1.165) is 11.3 Å². The molecule has 2 amide bonds. The summed E-state index contributed by atoms with van der Waals surface area (Å²) < 4.78 is 18.2. The maximum Gasteiger partial charge on any atom is 0.227 e. The van der Waals surface area contributed by atoms with Crippen molar-refractivity contribution >= 4 is 23.2 Å². The summed E-state index contributed by atoms with van der Waals surface area (Å²) in [7, 11) is 1.41. The van der Waals surface area contributed by atoms with Gasteiger partial charge in [-0.05, 0) is 36.6 Å². The SMILES string of the molecule is COc1cc(F)ccc1NC(=O)CCC1Cc2ccccc2NC1=O. The van der Waals surface area contributed by atoms with Crippen molar-refractivity contribution in [1.29, 1.82) is 0 Å². The molecule has 0 aromatic heterocycles. The molecule has 1 heterocycles. The third-order valence-corrected chi connectivity index (χ3v) is 4.27. The molecule has 5 nitrogen and oxygen atoms in total. The number of ether oxygens (including phenoxy) is 1. The van der Waals surface area contributed by atoms with Gasteiger partial charge in [0.15, 0.2) is 0 Å². The van der Waals surface area contributed by atoms with Crippen LogP contribution in [0.3, 0.4) is 0 Å². The summed E-state index contributed by atoms with van der Waals surface area (Å²) in [5, 5.41) is 5.58. The molecule has 1 atom stereocenters. The Balaban J connectivity index is 1.59. The Bertz CT molecular complexity index is 807. The summed E-state index contributed by atoms with van der Waals surface area (Å²) in [6.45, 7) is 0. The summed E-state index contributed by atoms with van der Waals surface area (Å²) in [6, 6.07) is 11.6. The summed E-state index contributed by atoms with van der Waals surface area (Å²) >= 11 is 0. The van der Waals surface area contributed by atoms with Gasteiger partial charge in [-0.1, -0.05) is 18.2 Å². The van der Waals surface area contributed by atoms with Crippen LogP contribution < -0.4 is 15.4 Å². The van der Waals surface area contributed by atoms with Crippen molar-refractivity contribution < 1.29 is 18.7 Å². The summed E-state index contributed by atoms with van der Waals surface area (Å²) in [4.78, 5) is 24.3. The lowest BCUT2D eigenvalue weighted by Gasteiger charge is -2.24. The number of rotatable bonds is 5. The largest absolute Gasteiger partial charge is 0.494 e. The normalized spacial score (nSPS) is 15.9. The first kappa shape index (κ1) is 17.0. The van der Waals surface area contributed by atoms with Crippen molar-refractivity contribution in [2.45, 2.75) is 19.3 Å². The van der Waals surface area contributed by atoms with Crippen molar-refractivity contribution in [3.05, 3.63) is 53.8 Å². The van der Waals surface area contributed by atoms with Gasteiger partial charge < -0.3 is 15.4 Å². The van der Waals surface area contributed by atoms with E-state index in [2.05, 4.69) is 10.6 Å². The molecule has 0 bridgehead atoms. The predicted octanol–water partition coefficient (Wildman–Crippen LogP) is 3.36. The third kappa shape index (κ3) is 3.96. The quantitative estimate of drug-likeness (QED) is 0.875. The fourth-order valence-corrected chi connectivity index (χ4v) is 2.93. The van der Waals surface area contributed by atoms with Crippen LogP contribution in [0.2, 0.25) is 0 Å². The lowest BCUT2D eigenvalue weighted by atomic mass is 9.89. The maximum absolute atomic E-state index is 13.2. The molecule has 1 unspecified atom stereocenters. The van der Waals surface area contributed by atoms with E-state index in [1.807, 2.05) is 24.3 Å². The topological polar surface area (TPSA) is 67.4 Å². The molecule has 0 aliphatic carbocycles. The molecule has 0 radical (unpaired) electrons. The van der Waals surface area contributed by atoms with E-state index in [-0.39, 0.29) is 29.9 Å². The van der Waals surface area contributed by atoms with Gasteiger partial charge in [-0.3, -0.25) is 9.59 Å². The highest BCUT2D eigenvalue weighted by molar-refractivity contribution is 5.97. The van der Waals surface area contributed by atoms with Crippen LogP contribution in [-0.4, -0.2) is 18.9 Å². The number of methoxy groups -OCH3 is 1. The number of hydrogen-bond acceptors (Lipinski definition) is 3. The van der Waals surface area contributed by atoms with Crippen LogP contribution in [0.25, 0.3) is 0 Å². The summed E-state index contributed by atoms with van der Waals surface area (Å²) in [5.74, 6) is -0.719. The molecule has 2 aromatic rings. The molecule has 2 aromatic carbocycles. The van der Waals surface area contributed by atoms with Crippen molar-refractivity contribution in [2.75, 3.05) is 17.7 Å². The second kappa shape index (κ2) is 7.34. The number of para-hydroxylation sites is 1. The maximum atomic E-state index is 13.2. The van der Waals surface area contributed by atoms with Gasteiger partial charge in [0.05, 0.1) is 12.8 Å². The molecule has 0 fully saturated rings. The second-order valence-corrected chi connectivity index (χ2v) is 5.98. The van der Waals surface area contributed by atoms with Gasteiger partial charge in [0.2, 0.25) is 11.8 Å². The van der Waals surface area contributed by atoms with E-state index in [1.54, 1.807) is 0 Å². The van der Waals surface area contributed by atoms with E-state index in [0.29, 0.717) is 18.5 Å². The molecule has 0 saturated carbocycles. The number of benzene rings is 2. The van der Waals surface area contributed by atoms with Crippen LogP contribution in [0.5, 0.6) is 5.75 Å². The van der Waals surface area contributed by atoms with E-state index in [4.69, 9.17) is 4.74 Å². The Morgan fingerprint density at radius 1 is 1.32 bits per heavy atom. The number of anilines is 2. The minimum absolute atomic E-state index is 0.0640. The molecule has 1 aliphatic rings. The Labute approximate surface area is 145 Å². The lowest BCUT2D eigenvalue weighted by molar-refractivity contribution is -0.121. The molecule has 25 heavy (non-hydrogen) atoms. The molecule has 2 N–H and O–H groups in total. The third-order valence-electron chi connectivity index (χ3n) is 4.27. The van der Waals surface area contributed by atoms with Gasteiger partial charge in [-0.25, -0.2) is 4.39 Å². The molecule has 0 saturated heterocycles. The van der Waals surface area contributed by atoms with Gasteiger partial charge in [-0.15, -0.1) is 0 Å². The van der Waals surface area contributed by atoms with Gasteiger partial charge in [-0.2, -0.15) is 0 Å². The van der Waals surface area contributed by atoms with Crippen LogP contribution in [0.15, 0.2) is 42.5 Å². The highest BCUT2D eigenvalue weighted by Gasteiger charge is 2.26. The fourth-order valence-electron chi connectivity index (χ4n) is 2.93. The number of fused-ring (bicyclic) bond motifs is 1. The zero-order valence-electron chi connectivity index (χ0n) is 13.8. The second-order valence-electron chi connectivity index (χ2n) is 5.98. The highest BCUT2D eigenvalue weighted by atomic mass is 19.1. The Morgan fingerprint density at radius 2 is 2.12 bits per heavy atom. The van der Waals surface area contributed by atoms with Gasteiger partial charge in [0.1, 0.15) is 11.6 Å². The average Bonchev–Trinajstić information content (AvgIpc) is 2.61. The summed E-state index contributed by atoms with van der Waals surface area (Å²) in [6.07, 6.45) is 1.26. The monoisotopic (exact) mass is 342 g/mol. The van der Waals surface area contributed by atoms with Gasteiger partial charge in [0.25, 0.3) is 0 Å². The van der Waals surface area contributed by atoms with Crippen molar-refractivity contribution in [2.24, 2.45) is 5.92 Å². The Kier molecular flexibility index (Phi) is 4.97. The standard InChI is InChI=1S/C19H19FN2O3/c1-25-17-11-14(20)7-8-16(17)21-18(23)9-6-13-10-12-4-2-3-5-15(12)22-19(13)24/h2-5,7-8,11,13H,6,9-10H2,1H3,(H,21,23)(H,22,24). The zero-order chi connectivity index (χ0) is 17.8. The molecule has 3 rings (SSSR count). The van der Waals surface area contributed by atoms with Crippen molar-refractivity contribution in [1.82, 2.24) is 0 Å². The van der Waals surface area contributed by atoms with E-state index < -0.39 is 5.82 Å². The number of nitrogens with one attached hydrogen (secondary N) is 2. The van der Waals surface area contributed by atoms with Crippen LogP contribution in [0.4, 0.5) is 15.8 Å². The van der Waals surface area contributed by atoms with Crippen LogP contribution in [0, 0.1) is 11.7 Å². The average molecular weight is 342 g/mol. The minimum Gasteiger partial charge on any atom is -0.494 e. The molecule has 130 valence electrons. The fraction of sp³-hybridized carbons (Fsp3) is 0.263. The predicted molar refractivity (Wildman–Crippen MR) is 93.1 cm³/mol. The van der Waals surface area contributed by atoms with Crippen molar-refractivity contribution in [3.8, 4) is 5.75 Å². The Morgan fingerprint density at radius 3 is 2.92 bits per heavy atom. The van der Waals surface area contributed by atoms with E-state index >= 15 is 0 Å². The number of carbonyl (C=O) groups is 2. The van der Waals surface area contributed by atoms with Crippen molar-refractivity contribution in [3.63, 3.8) is 0 Å². The molecule has 1 aliphatic heterocycles. The Hall–Kier alpha value is -2.89. The van der Waals surface area contributed by atoms with E-state index in [9.17, 15) is 14.0 Å². The van der Waals surface area contributed by atoms with Gasteiger partial charge in [0, 0.05) is 24.1 Å². The first-order valence-corrected chi connectivity index (χ1v) is 8.09. The lowest BCUT2D eigenvalue weighted by Crippen LogP contribution is -2.30. The first-order chi connectivity index (χ1) is 12.1. The molecule has 6 heteroatoms. The van der Waals surface area contributed by atoms with Crippen LogP contribution >= 0.6 is 0 Å². The first-order valence-electron chi connectivity index (χ1n) is 8.09. The molecular formula is C19H19FN2O3.